The highest BCUT2D eigenvalue weighted by molar-refractivity contribution is 7.17. The van der Waals surface area contributed by atoms with Gasteiger partial charge in [0, 0.05) is 4.88 Å². The van der Waals surface area contributed by atoms with Crippen LogP contribution >= 0.6 is 11.3 Å². The number of amides is 1. The third kappa shape index (κ3) is 4.97. The molecule has 0 aliphatic heterocycles. The number of ether oxygens (including phenoxy) is 2. The zero-order valence-corrected chi connectivity index (χ0v) is 16.0. The minimum Gasteiger partial charge on any atom is -0.456 e. The standard InChI is InChI=1S/C18H27NO4S/c1-11(2)10-22-17(21)19-15-14(16(20)23-18(3,4)5)12-8-6-7-9-13(12)24-15/h11H,6-10H2,1-5H3,(H,19,21). The highest BCUT2D eigenvalue weighted by Gasteiger charge is 2.29. The van der Waals surface area contributed by atoms with E-state index in [1.165, 1.54) is 16.2 Å². The number of thiophene rings is 1. The molecule has 0 aromatic carbocycles. The van der Waals surface area contributed by atoms with Gasteiger partial charge in [-0.3, -0.25) is 5.32 Å². The predicted octanol–water partition coefficient (Wildman–Crippen LogP) is 4.79. The molecule has 0 fully saturated rings. The second kappa shape index (κ2) is 7.55. The van der Waals surface area contributed by atoms with E-state index < -0.39 is 11.7 Å². The van der Waals surface area contributed by atoms with Crippen molar-refractivity contribution in [2.75, 3.05) is 11.9 Å². The summed E-state index contributed by atoms with van der Waals surface area (Å²) in [5.74, 6) is -0.112. The van der Waals surface area contributed by atoms with Gasteiger partial charge in [0.05, 0.1) is 12.2 Å². The molecular weight excluding hydrogens is 326 g/mol. The van der Waals surface area contributed by atoms with Gasteiger partial charge in [-0.2, -0.15) is 0 Å². The molecular formula is C18H27NO4S. The first-order valence-corrected chi connectivity index (χ1v) is 9.30. The number of carbonyl (C=O) groups excluding carboxylic acids is 2. The third-order valence-corrected chi connectivity index (χ3v) is 4.74. The smallest absolute Gasteiger partial charge is 0.412 e. The van der Waals surface area contributed by atoms with Crippen molar-refractivity contribution in [1.82, 2.24) is 0 Å². The molecule has 1 N–H and O–H groups in total. The highest BCUT2D eigenvalue weighted by atomic mass is 32.1. The first-order valence-electron chi connectivity index (χ1n) is 8.49. The molecule has 1 aliphatic carbocycles. The Morgan fingerprint density at radius 1 is 1.21 bits per heavy atom. The van der Waals surface area contributed by atoms with Gasteiger partial charge in [-0.25, -0.2) is 9.59 Å². The average Bonchev–Trinajstić information content (AvgIpc) is 2.81. The van der Waals surface area contributed by atoms with Crippen LogP contribution in [0.3, 0.4) is 0 Å². The van der Waals surface area contributed by atoms with Crippen molar-refractivity contribution in [1.29, 1.82) is 0 Å². The molecule has 0 unspecified atom stereocenters. The van der Waals surface area contributed by atoms with Crippen LogP contribution in [-0.4, -0.2) is 24.3 Å². The Hall–Kier alpha value is -1.56. The molecule has 1 aliphatic rings. The molecule has 5 nitrogen and oxygen atoms in total. The third-order valence-electron chi connectivity index (χ3n) is 3.54. The van der Waals surface area contributed by atoms with Gasteiger partial charge in [0.25, 0.3) is 0 Å². The molecule has 0 atom stereocenters. The van der Waals surface area contributed by atoms with Crippen molar-refractivity contribution >= 4 is 28.4 Å². The zero-order valence-electron chi connectivity index (χ0n) is 15.2. The van der Waals surface area contributed by atoms with Crippen LogP contribution in [0.1, 0.15) is 68.3 Å². The molecule has 1 amide bonds. The van der Waals surface area contributed by atoms with Gasteiger partial charge in [-0.05, 0) is 57.9 Å². The quantitative estimate of drug-likeness (QED) is 0.791. The molecule has 24 heavy (non-hydrogen) atoms. The molecule has 0 saturated heterocycles. The van der Waals surface area contributed by atoms with E-state index in [0.29, 0.717) is 17.2 Å². The lowest BCUT2D eigenvalue weighted by atomic mass is 9.95. The van der Waals surface area contributed by atoms with Crippen LogP contribution in [0.15, 0.2) is 0 Å². The van der Waals surface area contributed by atoms with Crippen LogP contribution in [0.4, 0.5) is 9.80 Å². The Morgan fingerprint density at radius 3 is 2.50 bits per heavy atom. The van der Waals surface area contributed by atoms with E-state index in [0.717, 1.165) is 31.2 Å². The van der Waals surface area contributed by atoms with E-state index in [1.54, 1.807) is 0 Å². The Bertz CT molecular complexity index is 613. The summed E-state index contributed by atoms with van der Waals surface area (Å²) in [5, 5.41) is 3.29. The lowest BCUT2D eigenvalue weighted by molar-refractivity contribution is 0.00699. The minimum atomic E-state index is -0.573. The number of rotatable bonds is 4. The molecule has 0 bridgehead atoms. The van der Waals surface area contributed by atoms with Crippen molar-refractivity contribution in [3.05, 3.63) is 16.0 Å². The predicted molar refractivity (Wildman–Crippen MR) is 95.9 cm³/mol. The van der Waals surface area contributed by atoms with Crippen LogP contribution in [0.25, 0.3) is 0 Å². The molecule has 1 heterocycles. The van der Waals surface area contributed by atoms with Gasteiger partial charge in [-0.15, -0.1) is 11.3 Å². The van der Waals surface area contributed by atoms with Crippen LogP contribution in [0.2, 0.25) is 0 Å². The van der Waals surface area contributed by atoms with E-state index in [-0.39, 0.29) is 11.9 Å². The maximum absolute atomic E-state index is 12.7. The largest absolute Gasteiger partial charge is 0.456 e. The lowest BCUT2D eigenvalue weighted by Crippen LogP contribution is -2.25. The monoisotopic (exact) mass is 353 g/mol. The van der Waals surface area contributed by atoms with Gasteiger partial charge < -0.3 is 9.47 Å². The molecule has 134 valence electrons. The van der Waals surface area contributed by atoms with Crippen molar-refractivity contribution < 1.29 is 19.1 Å². The summed E-state index contributed by atoms with van der Waals surface area (Å²) in [7, 11) is 0. The van der Waals surface area contributed by atoms with Gasteiger partial charge in [0.2, 0.25) is 0 Å². The van der Waals surface area contributed by atoms with Crippen LogP contribution in [0, 0.1) is 5.92 Å². The van der Waals surface area contributed by atoms with E-state index in [9.17, 15) is 9.59 Å². The number of carbonyl (C=O) groups is 2. The molecule has 2 rings (SSSR count). The van der Waals surface area contributed by atoms with Crippen molar-refractivity contribution in [3.8, 4) is 0 Å². The van der Waals surface area contributed by atoms with Gasteiger partial charge in [0.1, 0.15) is 10.6 Å². The van der Waals surface area contributed by atoms with E-state index in [2.05, 4.69) is 5.32 Å². The Morgan fingerprint density at radius 2 is 1.88 bits per heavy atom. The fourth-order valence-electron chi connectivity index (χ4n) is 2.57. The number of aryl methyl sites for hydroxylation is 1. The van der Waals surface area contributed by atoms with Gasteiger partial charge >= 0.3 is 12.1 Å². The summed E-state index contributed by atoms with van der Waals surface area (Å²) in [6.45, 7) is 9.82. The first-order chi connectivity index (χ1) is 11.2. The first kappa shape index (κ1) is 18.8. The number of nitrogens with one attached hydrogen (secondary N) is 1. The molecule has 0 saturated carbocycles. The number of hydrogen-bond donors (Lipinski definition) is 1. The van der Waals surface area contributed by atoms with E-state index in [4.69, 9.17) is 9.47 Å². The van der Waals surface area contributed by atoms with Gasteiger partial charge in [0.15, 0.2) is 0 Å². The summed E-state index contributed by atoms with van der Waals surface area (Å²) < 4.78 is 10.7. The fraction of sp³-hybridized carbons (Fsp3) is 0.667. The van der Waals surface area contributed by atoms with E-state index in [1.807, 2.05) is 34.6 Å². The summed E-state index contributed by atoms with van der Waals surface area (Å²) in [5.41, 5.74) is 0.960. The Balaban J connectivity index is 2.25. The van der Waals surface area contributed by atoms with Crippen molar-refractivity contribution in [2.24, 2.45) is 5.92 Å². The molecule has 6 heteroatoms. The van der Waals surface area contributed by atoms with E-state index >= 15 is 0 Å². The Labute approximate surface area is 147 Å². The van der Waals surface area contributed by atoms with Gasteiger partial charge in [-0.1, -0.05) is 13.8 Å². The second-order valence-corrected chi connectivity index (χ2v) is 8.64. The molecule has 0 radical (unpaired) electrons. The molecule has 0 spiro atoms. The number of hydrogen-bond acceptors (Lipinski definition) is 5. The Kier molecular flexibility index (Phi) is 5.91. The number of esters is 1. The second-order valence-electron chi connectivity index (χ2n) is 7.53. The summed E-state index contributed by atoms with van der Waals surface area (Å²) >= 11 is 1.47. The summed E-state index contributed by atoms with van der Waals surface area (Å²) in [6, 6.07) is 0. The maximum atomic E-state index is 12.7. The lowest BCUT2D eigenvalue weighted by Gasteiger charge is -2.21. The molecule has 1 aromatic rings. The summed E-state index contributed by atoms with van der Waals surface area (Å²) in [6.07, 6.45) is 3.43. The minimum absolute atomic E-state index is 0.262. The maximum Gasteiger partial charge on any atom is 0.412 e. The van der Waals surface area contributed by atoms with Crippen LogP contribution in [-0.2, 0) is 22.3 Å². The average molecular weight is 353 g/mol. The van der Waals surface area contributed by atoms with Crippen LogP contribution < -0.4 is 5.32 Å². The molecule has 1 aromatic heterocycles. The van der Waals surface area contributed by atoms with Crippen molar-refractivity contribution in [3.63, 3.8) is 0 Å². The van der Waals surface area contributed by atoms with Crippen LogP contribution in [0.5, 0.6) is 0 Å². The zero-order chi connectivity index (χ0) is 17.9. The highest BCUT2D eigenvalue weighted by Crippen LogP contribution is 2.39. The summed E-state index contributed by atoms with van der Waals surface area (Å²) in [4.78, 5) is 25.8. The SMILES string of the molecule is CC(C)COC(=O)Nc1sc2c(c1C(=O)OC(C)(C)C)CCCC2. The number of fused-ring (bicyclic) bond motifs is 1. The topological polar surface area (TPSA) is 64.6 Å². The van der Waals surface area contributed by atoms with Crippen molar-refractivity contribution in [2.45, 2.75) is 65.9 Å². The normalized spacial score (nSPS) is 14.2. The number of anilines is 1. The fourth-order valence-corrected chi connectivity index (χ4v) is 3.83.